The molecular formula is C21H25N3O3. The fourth-order valence-corrected chi connectivity index (χ4v) is 3.15. The van der Waals surface area contributed by atoms with Gasteiger partial charge in [-0.3, -0.25) is 4.90 Å². The van der Waals surface area contributed by atoms with Crippen molar-refractivity contribution in [3.63, 3.8) is 0 Å². The first kappa shape index (κ1) is 18.9. The molecule has 0 spiro atoms. The molecule has 2 aromatic carbocycles. The van der Waals surface area contributed by atoms with Crippen LogP contribution in [-0.4, -0.2) is 35.1 Å². The van der Waals surface area contributed by atoms with Crippen molar-refractivity contribution in [1.29, 1.82) is 0 Å². The van der Waals surface area contributed by atoms with E-state index in [4.69, 9.17) is 5.11 Å². The molecule has 0 radical (unpaired) electrons. The molecule has 2 amide bonds. The third kappa shape index (κ3) is 5.82. The number of carbonyl (C=O) groups is 2. The van der Waals surface area contributed by atoms with Gasteiger partial charge in [0.05, 0.1) is 5.56 Å². The van der Waals surface area contributed by atoms with Crippen molar-refractivity contribution in [2.75, 3.05) is 13.1 Å². The molecule has 0 bridgehead atoms. The van der Waals surface area contributed by atoms with E-state index in [9.17, 15) is 9.59 Å². The van der Waals surface area contributed by atoms with Crippen molar-refractivity contribution in [2.45, 2.75) is 32.5 Å². The van der Waals surface area contributed by atoms with Crippen molar-refractivity contribution in [1.82, 2.24) is 15.5 Å². The standard InChI is InChI=1S/C21H25N3O3/c25-20(26)19-9-7-17(8-10-19)14-23-21(27)22-13-16-3-5-18(6-4-16)15-24-11-1-2-12-24/h3-10H,1-2,11-15H2,(H,25,26)(H2,22,23,27). The maximum Gasteiger partial charge on any atom is 0.335 e. The van der Waals surface area contributed by atoms with Gasteiger partial charge in [-0.2, -0.15) is 0 Å². The number of urea groups is 1. The molecule has 0 saturated carbocycles. The summed E-state index contributed by atoms with van der Waals surface area (Å²) in [6, 6.07) is 14.5. The van der Waals surface area contributed by atoms with Gasteiger partial charge in [-0.25, -0.2) is 9.59 Å². The molecule has 6 nitrogen and oxygen atoms in total. The van der Waals surface area contributed by atoms with Gasteiger partial charge in [0.1, 0.15) is 0 Å². The van der Waals surface area contributed by atoms with E-state index in [-0.39, 0.29) is 11.6 Å². The Hall–Kier alpha value is -2.86. The summed E-state index contributed by atoms with van der Waals surface area (Å²) in [6.45, 7) is 4.17. The van der Waals surface area contributed by atoms with Crippen molar-refractivity contribution >= 4 is 12.0 Å². The van der Waals surface area contributed by atoms with E-state index in [1.165, 1.54) is 43.6 Å². The number of hydrogen-bond donors (Lipinski definition) is 3. The van der Waals surface area contributed by atoms with Crippen molar-refractivity contribution in [3.05, 3.63) is 70.8 Å². The number of nitrogens with zero attached hydrogens (tertiary/aromatic N) is 1. The monoisotopic (exact) mass is 367 g/mol. The Kier molecular flexibility index (Phi) is 6.44. The summed E-state index contributed by atoms with van der Waals surface area (Å²) in [6.07, 6.45) is 2.58. The molecule has 2 aromatic rings. The molecule has 3 N–H and O–H groups in total. The summed E-state index contributed by atoms with van der Waals surface area (Å²) < 4.78 is 0. The number of amides is 2. The van der Waals surface area contributed by atoms with Crippen LogP contribution in [0.15, 0.2) is 48.5 Å². The fourth-order valence-electron chi connectivity index (χ4n) is 3.15. The van der Waals surface area contributed by atoms with Gasteiger partial charge in [-0.1, -0.05) is 36.4 Å². The highest BCUT2D eigenvalue weighted by atomic mass is 16.4. The van der Waals surface area contributed by atoms with E-state index in [2.05, 4.69) is 39.8 Å². The fraction of sp³-hybridized carbons (Fsp3) is 0.333. The third-order valence-corrected chi connectivity index (χ3v) is 4.73. The van der Waals surface area contributed by atoms with Crippen LogP contribution in [0.4, 0.5) is 4.79 Å². The van der Waals surface area contributed by atoms with Crippen LogP contribution in [0.5, 0.6) is 0 Å². The van der Waals surface area contributed by atoms with Crippen molar-refractivity contribution in [3.8, 4) is 0 Å². The number of benzene rings is 2. The third-order valence-electron chi connectivity index (χ3n) is 4.73. The number of aromatic carboxylic acids is 1. The second-order valence-corrected chi connectivity index (χ2v) is 6.84. The summed E-state index contributed by atoms with van der Waals surface area (Å²) in [5.41, 5.74) is 3.44. The van der Waals surface area contributed by atoms with Gasteiger partial charge in [-0.05, 0) is 54.8 Å². The molecule has 1 saturated heterocycles. The van der Waals surface area contributed by atoms with E-state index in [1.807, 2.05) is 0 Å². The van der Waals surface area contributed by atoms with Gasteiger partial charge in [0, 0.05) is 19.6 Å². The van der Waals surface area contributed by atoms with E-state index >= 15 is 0 Å². The number of nitrogens with one attached hydrogen (secondary N) is 2. The van der Waals surface area contributed by atoms with Crippen LogP contribution in [0, 0.1) is 0 Å². The maximum atomic E-state index is 11.9. The Balaban J connectivity index is 1.40. The Morgan fingerprint density at radius 2 is 1.30 bits per heavy atom. The first-order valence-corrected chi connectivity index (χ1v) is 9.24. The molecule has 1 aliphatic heterocycles. The first-order valence-electron chi connectivity index (χ1n) is 9.24. The lowest BCUT2D eigenvalue weighted by Gasteiger charge is -2.14. The number of rotatable bonds is 7. The Bertz CT molecular complexity index is 766. The molecule has 0 aromatic heterocycles. The molecule has 6 heteroatoms. The molecule has 0 aliphatic carbocycles. The molecule has 3 rings (SSSR count). The molecule has 1 aliphatic rings. The zero-order valence-electron chi connectivity index (χ0n) is 15.3. The van der Waals surface area contributed by atoms with Crippen LogP contribution in [-0.2, 0) is 19.6 Å². The predicted molar refractivity (Wildman–Crippen MR) is 103 cm³/mol. The molecule has 0 atom stereocenters. The van der Waals surface area contributed by atoms with Crippen LogP contribution in [0.2, 0.25) is 0 Å². The summed E-state index contributed by atoms with van der Waals surface area (Å²) >= 11 is 0. The average molecular weight is 367 g/mol. The number of likely N-dealkylation sites (tertiary alicyclic amines) is 1. The number of carbonyl (C=O) groups excluding carboxylic acids is 1. The van der Waals surface area contributed by atoms with Crippen LogP contribution < -0.4 is 10.6 Å². The Morgan fingerprint density at radius 3 is 1.81 bits per heavy atom. The van der Waals surface area contributed by atoms with E-state index < -0.39 is 5.97 Å². The molecule has 142 valence electrons. The second-order valence-electron chi connectivity index (χ2n) is 6.84. The molecule has 1 heterocycles. The van der Waals surface area contributed by atoms with Crippen molar-refractivity contribution in [2.24, 2.45) is 0 Å². The lowest BCUT2D eigenvalue weighted by Crippen LogP contribution is -2.34. The summed E-state index contributed by atoms with van der Waals surface area (Å²) in [4.78, 5) is 25.2. The van der Waals surface area contributed by atoms with Gasteiger partial charge in [0.25, 0.3) is 0 Å². The summed E-state index contributed by atoms with van der Waals surface area (Å²) in [5.74, 6) is -0.960. The lowest BCUT2D eigenvalue weighted by molar-refractivity contribution is 0.0697. The highest BCUT2D eigenvalue weighted by Crippen LogP contribution is 2.13. The van der Waals surface area contributed by atoms with E-state index in [0.717, 1.165) is 17.7 Å². The maximum absolute atomic E-state index is 11.9. The number of carboxylic acids is 1. The topological polar surface area (TPSA) is 81.7 Å². The zero-order valence-corrected chi connectivity index (χ0v) is 15.3. The van der Waals surface area contributed by atoms with Crippen LogP contribution in [0.1, 0.15) is 39.9 Å². The van der Waals surface area contributed by atoms with Gasteiger partial charge in [0.15, 0.2) is 0 Å². The summed E-state index contributed by atoms with van der Waals surface area (Å²) in [7, 11) is 0. The van der Waals surface area contributed by atoms with E-state index in [1.54, 1.807) is 12.1 Å². The van der Waals surface area contributed by atoms with Crippen LogP contribution in [0.25, 0.3) is 0 Å². The molecule has 0 unspecified atom stereocenters. The normalized spacial score (nSPS) is 14.1. The smallest absolute Gasteiger partial charge is 0.335 e. The summed E-state index contributed by atoms with van der Waals surface area (Å²) in [5, 5.41) is 14.5. The minimum absolute atomic E-state index is 0.233. The predicted octanol–water partition coefficient (Wildman–Crippen LogP) is 2.98. The minimum Gasteiger partial charge on any atom is -0.478 e. The van der Waals surface area contributed by atoms with Gasteiger partial charge >= 0.3 is 12.0 Å². The Morgan fingerprint density at radius 1 is 0.815 bits per heavy atom. The van der Waals surface area contributed by atoms with Gasteiger partial charge in [0.2, 0.25) is 0 Å². The van der Waals surface area contributed by atoms with Gasteiger partial charge < -0.3 is 15.7 Å². The quantitative estimate of drug-likeness (QED) is 0.703. The van der Waals surface area contributed by atoms with E-state index in [0.29, 0.717) is 13.1 Å². The highest BCUT2D eigenvalue weighted by Gasteiger charge is 2.11. The minimum atomic E-state index is -0.960. The molecule has 27 heavy (non-hydrogen) atoms. The van der Waals surface area contributed by atoms with Crippen LogP contribution >= 0.6 is 0 Å². The second kappa shape index (κ2) is 9.19. The van der Waals surface area contributed by atoms with Gasteiger partial charge in [-0.15, -0.1) is 0 Å². The number of carboxylic acid groups (broad SMARTS) is 1. The average Bonchev–Trinajstić information content (AvgIpc) is 3.19. The Labute approximate surface area is 159 Å². The first-order chi connectivity index (χ1) is 13.1. The zero-order chi connectivity index (χ0) is 19.1. The van der Waals surface area contributed by atoms with Crippen molar-refractivity contribution < 1.29 is 14.7 Å². The SMILES string of the molecule is O=C(NCc1ccc(CN2CCCC2)cc1)NCc1ccc(C(=O)O)cc1. The number of hydrogen-bond acceptors (Lipinski definition) is 3. The molecular weight excluding hydrogens is 342 g/mol. The highest BCUT2D eigenvalue weighted by molar-refractivity contribution is 5.87. The molecule has 1 fully saturated rings. The lowest BCUT2D eigenvalue weighted by atomic mass is 10.1. The largest absolute Gasteiger partial charge is 0.478 e. The van der Waals surface area contributed by atoms with Crippen LogP contribution in [0.3, 0.4) is 0 Å².